The molecule has 0 saturated carbocycles. The molecule has 0 rings (SSSR count). The largest absolute Gasteiger partial charge is 0.481 e. The van der Waals surface area contributed by atoms with E-state index in [0.29, 0.717) is 6.42 Å². The second-order valence-electron chi connectivity index (χ2n) is 8.36. The Morgan fingerprint density at radius 2 is 0.857 bits per heavy atom. The van der Waals surface area contributed by atoms with Crippen LogP contribution in [0.2, 0.25) is 0 Å². The molecule has 0 spiro atoms. The predicted octanol–water partition coefficient (Wildman–Crippen LogP) is 9.45. The van der Waals surface area contributed by atoms with Gasteiger partial charge in [-0.3, -0.25) is 4.79 Å². The maximum atomic E-state index is 10.7. The van der Waals surface area contributed by atoms with E-state index in [1.165, 1.54) is 103 Å². The molecular weight excluding hydrogens is 344 g/mol. The fourth-order valence-electron chi connectivity index (χ4n) is 3.67. The van der Waals surface area contributed by atoms with Gasteiger partial charge in [0.05, 0.1) is 0 Å². The molecule has 28 heavy (non-hydrogen) atoms. The summed E-state index contributed by atoms with van der Waals surface area (Å²) < 4.78 is 31.3. The molecule has 0 saturated heterocycles. The van der Waals surface area contributed by atoms with Crippen molar-refractivity contribution in [1.82, 2.24) is 0 Å². The first-order valence-corrected chi connectivity index (χ1v) is 12.4. The van der Waals surface area contributed by atoms with Gasteiger partial charge in [0.1, 0.15) is 0 Å². The molecule has 2 nitrogen and oxygen atoms in total. The second kappa shape index (κ2) is 24.5. The van der Waals surface area contributed by atoms with Crippen LogP contribution >= 0.6 is 0 Å². The zero-order valence-electron chi connectivity index (χ0n) is 22.9. The number of unbranched alkanes of at least 4 members (excludes halogenated alkanes) is 18. The van der Waals surface area contributed by atoms with Gasteiger partial charge >= 0.3 is 5.97 Å². The maximum Gasteiger partial charge on any atom is 0.303 e. The molecule has 168 valence electrons. The molecule has 0 aliphatic carbocycles. The van der Waals surface area contributed by atoms with E-state index >= 15 is 0 Å². The molecule has 0 bridgehead atoms. The van der Waals surface area contributed by atoms with Crippen LogP contribution < -0.4 is 0 Å². The highest BCUT2D eigenvalue weighted by atomic mass is 16.4. The molecule has 0 unspecified atom stereocenters. The van der Waals surface area contributed by atoms with Crippen molar-refractivity contribution in [3.63, 3.8) is 0 Å². The molecule has 0 aromatic rings. The standard InChI is InChI=1S/C26H52O2/c1-2-3-4-5-6-7-8-9-10-11-12-13-14-15-16-17-18-19-20-21-22-23-24-25-26(27)28/h2-25H2,1H3,(H,27,28)/i22D2,24D2. The molecule has 2 heteroatoms. The van der Waals surface area contributed by atoms with Gasteiger partial charge in [0.2, 0.25) is 0 Å². The summed E-state index contributed by atoms with van der Waals surface area (Å²) in [4.78, 5) is 10.7. The third-order valence-corrected chi connectivity index (χ3v) is 5.48. The van der Waals surface area contributed by atoms with Crippen molar-refractivity contribution in [2.24, 2.45) is 0 Å². The molecule has 0 heterocycles. The highest BCUT2D eigenvalue weighted by molar-refractivity contribution is 5.66. The number of carboxylic acids is 1. The first-order valence-electron chi connectivity index (χ1n) is 14.4. The van der Waals surface area contributed by atoms with Crippen molar-refractivity contribution in [2.75, 3.05) is 0 Å². The third kappa shape index (κ3) is 25.5. The molecule has 0 fully saturated rings. The van der Waals surface area contributed by atoms with Gasteiger partial charge in [0.15, 0.2) is 0 Å². The highest BCUT2D eigenvalue weighted by Gasteiger charge is 1.97. The maximum absolute atomic E-state index is 10.7. The van der Waals surface area contributed by atoms with Crippen LogP contribution in [-0.2, 0) is 4.79 Å². The number of carbonyl (C=O) groups is 1. The van der Waals surface area contributed by atoms with Crippen LogP contribution in [0.5, 0.6) is 0 Å². The predicted molar refractivity (Wildman–Crippen MR) is 124 cm³/mol. The van der Waals surface area contributed by atoms with Crippen molar-refractivity contribution in [3.8, 4) is 0 Å². The van der Waals surface area contributed by atoms with E-state index in [0.717, 1.165) is 19.3 Å². The van der Waals surface area contributed by atoms with Gasteiger partial charge in [-0.15, -0.1) is 0 Å². The zero-order chi connectivity index (χ0) is 24.1. The Balaban J connectivity index is 3.38. The van der Waals surface area contributed by atoms with Crippen LogP contribution in [-0.4, -0.2) is 11.1 Å². The van der Waals surface area contributed by atoms with E-state index in [-0.39, 0.29) is 6.42 Å². The fourth-order valence-corrected chi connectivity index (χ4v) is 3.67. The number of aliphatic carboxylic acids is 1. The lowest BCUT2D eigenvalue weighted by Gasteiger charge is -2.04. The highest BCUT2D eigenvalue weighted by Crippen LogP contribution is 2.15. The van der Waals surface area contributed by atoms with E-state index < -0.39 is 25.1 Å². The number of hydrogen-bond donors (Lipinski definition) is 1. The van der Waals surface area contributed by atoms with Gasteiger partial charge in [0, 0.05) is 11.9 Å². The molecule has 0 aliphatic heterocycles. The molecule has 0 aliphatic rings. The van der Waals surface area contributed by atoms with Gasteiger partial charge in [-0.2, -0.15) is 0 Å². The topological polar surface area (TPSA) is 37.3 Å². The van der Waals surface area contributed by atoms with Gasteiger partial charge in [-0.25, -0.2) is 0 Å². The fraction of sp³-hybridized carbons (Fsp3) is 0.962. The van der Waals surface area contributed by atoms with Crippen LogP contribution in [0.4, 0.5) is 0 Å². The Morgan fingerprint density at radius 3 is 1.18 bits per heavy atom. The quantitative estimate of drug-likeness (QED) is 0.164. The number of hydrogen-bond acceptors (Lipinski definition) is 1. The van der Waals surface area contributed by atoms with E-state index in [1.54, 1.807) is 0 Å². The summed E-state index contributed by atoms with van der Waals surface area (Å²) in [6.45, 7) is 2.27. The van der Waals surface area contributed by atoms with Crippen molar-refractivity contribution in [3.05, 3.63) is 0 Å². The van der Waals surface area contributed by atoms with Crippen molar-refractivity contribution in [1.29, 1.82) is 0 Å². The average molecular weight is 401 g/mol. The monoisotopic (exact) mass is 400 g/mol. The average Bonchev–Trinajstić information content (AvgIpc) is 2.67. The van der Waals surface area contributed by atoms with E-state index in [4.69, 9.17) is 10.6 Å². The van der Waals surface area contributed by atoms with Gasteiger partial charge in [-0.1, -0.05) is 148 Å². The SMILES string of the molecule is [2H]C([2H])(CCCCCCCCCCCCCCCCCCCCC)CC([2H])([2H])CC(=O)O. The molecular formula is C26H52O2. The van der Waals surface area contributed by atoms with Gasteiger partial charge < -0.3 is 5.11 Å². The molecule has 1 N–H and O–H groups in total. The molecule has 0 aromatic carbocycles. The molecule has 0 radical (unpaired) electrons. The van der Waals surface area contributed by atoms with Crippen LogP contribution in [0, 0.1) is 0 Å². The Bertz CT molecular complexity index is 442. The van der Waals surface area contributed by atoms with Crippen molar-refractivity contribution >= 4 is 5.97 Å². The Hall–Kier alpha value is -0.530. The summed E-state index contributed by atoms with van der Waals surface area (Å²) in [5, 5.41) is 8.73. The summed E-state index contributed by atoms with van der Waals surface area (Å²) in [5.74, 6) is -1.21. The van der Waals surface area contributed by atoms with Crippen LogP contribution in [0.3, 0.4) is 0 Å². The molecule has 0 amide bonds. The summed E-state index contributed by atoms with van der Waals surface area (Å²) in [7, 11) is 0. The minimum Gasteiger partial charge on any atom is -0.481 e. The van der Waals surface area contributed by atoms with E-state index in [2.05, 4.69) is 6.92 Å². The van der Waals surface area contributed by atoms with Gasteiger partial charge in [0.25, 0.3) is 0 Å². The second-order valence-corrected chi connectivity index (χ2v) is 8.36. The van der Waals surface area contributed by atoms with E-state index in [1.807, 2.05) is 0 Å². The lowest BCUT2D eigenvalue weighted by atomic mass is 10.0. The number of carboxylic acid groups (broad SMARTS) is 1. The number of rotatable bonds is 24. The minimum atomic E-state index is -1.98. The van der Waals surface area contributed by atoms with Crippen LogP contribution in [0.1, 0.15) is 166 Å². The molecule has 0 aromatic heterocycles. The Kier molecular flexibility index (Phi) is 18.1. The van der Waals surface area contributed by atoms with Crippen LogP contribution in [0.15, 0.2) is 0 Å². The molecule has 0 atom stereocenters. The first kappa shape index (κ1) is 20.7. The lowest BCUT2D eigenvalue weighted by Crippen LogP contribution is -1.93. The normalized spacial score (nSPS) is 14.3. The first-order chi connectivity index (χ1) is 15.2. The minimum absolute atomic E-state index is 0.311. The smallest absolute Gasteiger partial charge is 0.303 e. The van der Waals surface area contributed by atoms with Crippen molar-refractivity contribution in [2.45, 2.75) is 161 Å². The zero-order valence-corrected chi connectivity index (χ0v) is 18.9. The van der Waals surface area contributed by atoms with E-state index in [9.17, 15) is 4.79 Å². The summed E-state index contributed by atoms with van der Waals surface area (Å²) in [6, 6.07) is 0. The third-order valence-electron chi connectivity index (χ3n) is 5.48. The summed E-state index contributed by atoms with van der Waals surface area (Å²) >= 11 is 0. The Labute approximate surface area is 182 Å². The summed E-state index contributed by atoms with van der Waals surface area (Å²) in [5.41, 5.74) is 0. The van der Waals surface area contributed by atoms with Crippen LogP contribution in [0.25, 0.3) is 0 Å². The Morgan fingerprint density at radius 1 is 0.536 bits per heavy atom. The van der Waals surface area contributed by atoms with Gasteiger partial charge in [-0.05, 0) is 6.37 Å². The summed E-state index contributed by atoms with van der Waals surface area (Å²) in [6.07, 6.45) is 20.4. The van der Waals surface area contributed by atoms with Crippen molar-refractivity contribution < 1.29 is 15.4 Å². The lowest BCUT2D eigenvalue weighted by molar-refractivity contribution is -0.137.